The number of allylic oxidation sites excluding steroid dienone is 1. The summed E-state index contributed by atoms with van der Waals surface area (Å²) in [5, 5.41) is 19.7. The lowest BCUT2D eigenvalue weighted by atomic mass is 9.69. The van der Waals surface area contributed by atoms with Crippen LogP contribution in [0.4, 0.5) is 0 Å². The number of nitrogens with zero attached hydrogens (tertiary/aromatic N) is 1. The van der Waals surface area contributed by atoms with Gasteiger partial charge in [0.1, 0.15) is 5.75 Å². The average Bonchev–Trinajstić information content (AvgIpc) is 3.38. The number of amides is 2. The van der Waals surface area contributed by atoms with Gasteiger partial charge in [-0.1, -0.05) is 48.5 Å². The second-order valence-corrected chi connectivity index (χ2v) is 9.38. The molecule has 0 spiro atoms. The van der Waals surface area contributed by atoms with Gasteiger partial charge in [0.2, 0.25) is 11.8 Å². The number of hydrogen-bond donors (Lipinski definition) is 2. The Morgan fingerprint density at radius 3 is 2.50 bits per heavy atom. The molecule has 0 radical (unpaired) electrons. The van der Waals surface area contributed by atoms with Gasteiger partial charge in [-0.15, -0.1) is 0 Å². The number of aliphatic hydroxyl groups is 1. The Bertz CT molecular complexity index is 1150. The molecular formula is C28H29NO5. The maximum absolute atomic E-state index is 12.8. The molecule has 3 aliphatic rings. The number of aliphatic hydroxyl groups excluding tert-OH is 1. The van der Waals surface area contributed by atoms with Gasteiger partial charge in [-0.2, -0.15) is 0 Å². The number of imide groups is 1. The fraction of sp³-hybridized carbons (Fsp3) is 0.357. The van der Waals surface area contributed by atoms with Crippen LogP contribution >= 0.6 is 0 Å². The summed E-state index contributed by atoms with van der Waals surface area (Å²) in [6, 6.07) is 17.3. The molecular weight excluding hydrogens is 430 g/mol. The van der Waals surface area contributed by atoms with Crippen LogP contribution in [0.15, 0.2) is 65.7 Å². The van der Waals surface area contributed by atoms with Crippen molar-refractivity contribution < 1.29 is 24.5 Å². The Morgan fingerprint density at radius 1 is 1.06 bits per heavy atom. The minimum absolute atomic E-state index is 0.116. The van der Waals surface area contributed by atoms with E-state index in [2.05, 4.69) is 18.2 Å². The van der Waals surface area contributed by atoms with Crippen LogP contribution in [0.5, 0.6) is 5.75 Å². The van der Waals surface area contributed by atoms with E-state index in [1.807, 2.05) is 30.3 Å². The SMILES string of the molecule is CN1C(=O)[C@@H]2[C@@H](CC(CO)=C3[C@@H](CC/C(=C/c4ccc(O)cc4)c4ccccc4)OC[C@@H]32)C1=O. The highest BCUT2D eigenvalue weighted by Gasteiger charge is 2.55. The molecule has 34 heavy (non-hydrogen) atoms. The summed E-state index contributed by atoms with van der Waals surface area (Å²) >= 11 is 0. The lowest BCUT2D eigenvalue weighted by molar-refractivity contribution is -0.138. The van der Waals surface area contributed by atoms with Crippen LogP contribution in [-0.4, -0.2) is 53.3 Å². The van der Waals surface area contributed by atoms with Gasteiger partial charge in [-0.25, -0.2) is 0 Å². The number of hydrogen-bond acceptors (Lipinski definition) is 5. The molecule has 1 aliphatic carbocycles. The number of likely N-dealkylation sites (tertiary alicyclic amines) is 1. The van der Waals surface area contributed by atoms with Crippen molar-refractivity contribution in [3.63, 3.8) is 0 Å². The standard InChI is InChI=1S/C28H29NO5/c1-29-27(32)22-14-20(15-30)25-23(26(22)28(29)33)16-34-24(25)12-9-19(18-5-3-2-4-6-18)13-17-7-10-21(31)11-8-17/h2-8,10-11,13,22-24,26,30-31H,9,12,14-16H2,1H3/b19-13-/t22-,23+,24-,26-/m1/s1. The van der Waals surface area contributed by atoms with E-state index in [0.717, 1.165) is 34.3 Å². The second kappa shape index (κ2) is 9.20. The van der Waals surface area contributed by atoms with Crippen molar-refractivity contribution in [1.82, 2.24) is 4.90 Å². The Morgan fingerprint density at radius 2 is 1.79 bits per heavy atom. The molecule has 2 amide bonds. The minimum Gasteiger partial charge on any atom is -0.508 e. The van der Waals surface area contributed by atoms with E-state index in [-0.39, 0.29) is 48.0 Å². The molecule has 0 saturated carbocycles. The van der Waals surface area contributed by atoms with Crippen molar-refractivity contribution in [3.05, 3.63) is 76.9 Å². The van der Waals surface area contributed by atoms with Crippen molar-refractivity contribution in [2.45, 2.75) is 25.4 Å². The third kappa shape index (κ3) is 3.97. The van der Waals surface area contributed by atoms with Gasteiger partial charge in [0.25, 0.3) is 0 Å². The quantitative estimate of drug-likeness (QED) is 0.391. The van der Waals surface area contributed by atoms with Crippen molar-refractivity contribution >= 4 is 23.5 Å². The van der Waals surface area contributed by atoms with Crippen LogP contribution in [-0.2, 0) is 14.3 Å². The summed E-state index contributed by atoms with van der Waals surface area (Å²) in [4.78, 5) is 26.6. The maximum Gasteiger partial charge on any atom is 0.233 e. The monoisotopic (exact) mass is 459 g/mol. The largest absolute Gasteiger partial charge is 0.508 e. The fourth-order valence-electron chi connectivity index (χ4n) is 5.79. The maximum atomic E-state index is 12.8. The lowest BCUT2D eigenvalue weighted by Gasteiger charge is -2.31. The Hall–Kier alpha value is -3.22. The topological polar surface area (TPSA) is 87.1 Å². The van der Waals surface area contributed by atoms with Gasteiger partial charge in [0, 0.05) is 13.0 Å². The van der Waals surface area contributed by atoms with E-state index >= 15 is 0 Å². The molecule has 0 bridgehead atoms. The molecule has 2 aromatic rings. The molecule has 2 fully saturated rings. The van der Waals surface area contributed by atoms with E-state index in [9.17, 15) is 19.8 Å². The summed E-state index contributed by atoms with van der Waals surface area (Å²) < 4.78 is 6.20. The number of rotatable bonds is 6. The molecule has 2 N–H and O–H groups in total. The van der Waals surface area contributed by atoms with Gasteiger partial charge in [0.15, 0.2) is 0 Å². The van der Waals surface area contributed by atoms with Gasteiger partial charge in [0.05, 0.1) is 31.2 Å². The van der Waals surface area contributed by atoms with Crippen molar-refractivity contribution in [1.29, 1.82) is 0 Å². The van der Waals surface area contributed by atoms with E-state index in [1.54, 1.807) is 19.2 Å². The highest BCUT2D eigenvalue weighted by Crippen LogP contribution is 2.49. The predicted molar refractivity (Wildman–Crippen MR) is 128 cm³/mol. The first-order valence-corrected chi connectivity index (χ1v) is 11.8. The Kier molecular flexibility index (Phi) is 6.11. The highest BCUT2D eigenvalue weighted by molar-refractivity contribution is 6.05. The number of aromatic hydroxyl groups is 1. The molecule has 0 unspecified atom stereocenters. The molecule has 6 heteroatoms. The second-order valence-electron chi connectivity index (χ2n) is 9.38. The Balaban J connectivity index is 1.41. The average molecular weight is 460 g/mol. The van der Waals surface area contributed by atoms with Gasteiger partial charge in [-0.3, -0.25) is 14.5 Å². The number of phenolic OH excluding ortho intramolecular Hbond substituents is 1. The third-order valence-corrected chi connectivity index (χ3v) is 7.47. The first-order chi connectivity index (χ1) is 16.5. The number of benzene rings is 2. The van der Waals surface area contributed by atoms with Gasteiger partial charge >= 0.3 is 0 Å². The predicted octanol–water partition coefficient (Wildman–Crippen LogP) is 3.65. The number of fused-ring (bicyclic) bond motifs is 3. The molecule has 2 heterocycles. The van der Waals surface area contributed by atoms with Gasteiger partial charge < -0.3 is 14.9 Å². The first kappa shape index (κ1) is 22.6. The minimum atomic E-state index is -0.384. The number of carbonyl (C=O) groups is 2. The number of carbonyl (C=O) groups excluding carboxylic acids is 2. The van der Waals surface area contributed by atoms with Crippen molar-refractivity contribution in [2.24, 2.45) is 17.8 Å². The smallest absolute Gasteiger partial charge is 0.233 e. The summed E-state index contributed by atoms with van der Waals surface area (Å²) in [5.74, 6) is -0.955. The molecule has 4 atom stereocenters. The Labute approximate surface area is 199 Å². The normalized spacial score (nSPS) is 26.8. The van der Waals surface area contributed by atoms with Crippen molar-refractivity contribution in [3.8, 4) is 5.75 Å². The summed E-state index contributed by atoms with van der Waals surface area (Å²) in [7, 11) is 1.55. The first-order valence-electron chi connectivity index (χ1n) is 11.8. The van der Waals surface area contributed by atoms with E-state index in [1.165, 1.54) is 4.90 Å². The van der Waals surface area contributed by atoms with Crippen LogP contribution in [0.2, 0.25) is 0 Å². The zero-order chi connectivity index (χ0) is 23.8. The molecule has 5 rings (SSSR count). The zero-order valence-electron chi connectivity index (χ0n) is 19.2. The van der Waals surface area contributed by atoms with Crippen LogP contribution in [0.3, 0.4) is 0 Å². The van der Waals surface area contributed by atoms with E-state index < -0.39 is 0 Å². The molecule has 6 nitrogen and oxygen atoms in total. The fourth-order valence-corrected chi connectivity index (χ4v) is 5.79. The van der Waals surface area contributed by atoms with Crippen LogP contribution in [0.25, 0.3) is 11.6 Å². The molecule has 176 valence electrons. The number of ether oxygens (including phenoxy) is 1. The van der Waals surface area contributed by atoms with Crippen LogP contribution in [0.1, 0.15) is 30.4 Å². The van der Waals surface area contributed by atoms with E-state index in [4.69, 9.17) is 4.74 Å². The molecule has 2 saturated heterocycles. The zero-order valence-corrected chi connectivity index (χ0v) is 19.2. The molecule has 0 aromatic heterocycles. The lowest BCUT2D eigenvalue weighted by Crippen LogP contribution is -2.34. The molecule has 2 aromatic carbocycles. The third-order valence-electron chi connectivity index (χ3n) is 7.47. The van der Waals surface area contributed by atoms with E-state index in [0.29, 0.717) is 19.4 Å². The van der Waals surface area contributed by atoms with Gasteiger partial charge in [-0.05, 0) is 59.2 Å². The van der Waals surface area contributed by atoms with Crippen LogP contribution < -0.4 is 0 Å². The highest BCUT2D eigenvalue weighted by atomic mass is 16.5. The summed E-state index contributed by atoms with van der Waals surface area (Å²) in [6.07, 6.45) is 3.81. The molecule has 2 aliphatic heterocycles. The van der Waals surface area contributed by atoms with Crippen molar-refractivity contribution in [2.75, 3.05) is 20.3 Å². The number of phenols is 1. The summed E-state index contributed by atoms with van der Waals surface area (Å²) in [6.45, 7) is 0.287. The summed E-state index contributed by atoms with van der Waals surface area (Å²) in [5.41, 5.74) is 5.13. The van der Waals surface area contributed by atoms with Crippen LogP contribution in [0, 0.1) is 17.8 Å².